The number of H-pyrrole nitrogens is 1. The fourth-order valence-corrected chi connectivity index (χ4v) is 7.01. The van der Waals surface area contributed by atoms with Crippen LogP contribution in [0.4, 0.5) is 0 Å². The average Bonchev–Trinajstić information content (AvgIpc) is 3.28. The molecule has 0 spiro atoms. The van der Waals surface area contributed by atoms with Crippen molar-refractivity contribution in [2.24, 2.45) is 11.5 Å². The molecule has 1 fully saturated rings. The van der Waals surface area contributed by atoms with E-state index in [1.54, 1.807) is 0 Å². The van der Waals surface area contributed by atoms with E-state index in [9.17, 15) is 24.4 Å². The van der Waals surface area contributed by atoms with Gasteiger partial charge >= 0.3 is 13.3 Å². The fraction of sp³-hybridized carbons (Fsp3) is 0.867. The maximum Gasteiger partial charge on any atom is 0.332 e. The van der Waals surface area contributed by atoms with Crippen LogP contribution in [0.3, 0.4) is 0 Å². The number of aromatic nitrogens is 2. The minimum Gasteiger partial charge on any atom is -0.387 e. The molecule has 2 heterocycles. The number of aromatic amines is 1. The SMILES string of the molecule is CCCCCCCCCCCCCCCOP(=O)(CCN(CCN)CCN)OC[C@H]1O[C@@H](n2ccc(=O)[nH]c2=O)[C@H](O)[C@@H]1O. The Kier molecular flexibility index (Phi) is 19.5. The van der Waals surface area contributed by atoms with Crippen molar-refractivity contribution in [1.82, 2.24) is 14.5 Å². The molecule has 0 bridgehead atoms. The van der Waals surface area contributed by atoms with Crippen molar-refractivity contribution in [3.8, 4) is 0 Å². The smallest absolute Gasteiger partial charge is 0.332 e. The zero-order chi connectivity index (χ0) is 32.2. The zero-order valence-electron chi connectivity index (χ0n) is 26.7. The minimum atomic E-state index is -3.62. The highest BCUT2D eigenvalue weighted by Crippen LogP contribution is 2.49. The van der Waals surface area contributed by atoms with E-state index in [0.717, 1.165) is 29.9 Å². The number of unbranched alkanes of at least 4 members (excludes halogenated alkanes) is 12. The molecule has 0 amide bonds. The van der Waals surface area contributed by atoms with Crippen molar-refractivity contribution < 1.29 is 28.6 Å². The molecule has 44 heavy (non-hydrogen) atoms. The maximum atomic E-state index is 13.8. The van der Waals surface area contributed by atoms with E-state index < -0.39 is 43.4 Å². The summed E-state index contributed by atoms with van der Waals surface area (Å²) in [6, 6.07) is 1.11. The third kappa shape index (κ3) is 14.3. The average molecular weight is 648 g/mol. The van der Waals surface area contributed by atoms with Crippen molar-refractivity contribution in [3.63, 3.8) is 0 Å². The largest absolute Gasteiger partial charge is 0.387 e. The number of hydrogen-bond acceptors (Lipinski definition) is 11. The molecule has 2 rings (SSSR count). The first-order valence-electron chi connectivity index (χ1n) is 16.6. The lowest BCUT2D eigenvalue weighted by atomic mass is 10.0. The van der Waals surface area contributed by atoms with Crippen LogP contribution in [0.2, 0.25) is 0 Å². The molecular weight excluding hydrogens is 589 g/mol. The Hall–Kier alpha value is -1.41. The Morgan fingerprint density at radius 1 is 0.886 bits per heavy atom. The number of ether oxygens (including phenoxy) is 1. The first kappa shape index (κ1) is 38.8. The molecule has 1 aromatic rings. The third-order valence-electron chi connectivity index (χ3n) is 8.01. The van der Waals surface area contributed by atoms with E-state index in [1.165, 1.54) is 70.4 Å². The normalized spacial score (nSPS) is 21.7. The predicted octanol–water partition coefficient (Wildman–Crippen LogP) is 2.69. The molecule has 14 heteroatoms. The molecule has 256 valence electrons. The Morgan fingerprint density at radius 2 is 1.45 bits per heavy atom. The molecular formula is C30H58N5O8P. The molecule has 0 aliphatic carbocycles. The summed E-state index contributed by atoms with van der Waals surface area (Å²) in [6.07, 6.45) is 11.9. The third-order valence-corrected chi connectivity index (χ3v) is 9.88. The summed E-state index contributed by atoms with van der Waals surface area (Å²) >= 11 is 0. The Bertz CT molecular complexity index is 1050. The second-order valence-corrected chi connectivity index (χ2v) is 13.9. The summed E-state index contributed by atoms with van der Waals surface area (Å²) in [5.74, 6) is 0. The quantitative estimate of drug-likeness (QED) is 0.0733. The van der Waals surface area contributed by atoms with Gasteiger partial charge in [0.25, 0.3) is 5.56 Å². The molecule has 0 saturated carbocycles. The summed E-state index contributed by atoms with van der Waals surface area (Å²) in [7, 11) is -3.62. The molecule has 1 unspecified atom stereocenters. The van der Waals surface area contributed by atoms with Crippen LogP contribution >= 0.6 is 7.60 Å². The lowest BCUT2D eigenvalue weighted by Crippen LogP contribution is -2.37. The number of nitrogens with one attached hydrogen (secondary N) is 1. The van der Waals surface area contributed by atoms with Crippen LogP contribution in [-0.4, -0.2) is 95.1 Å². The van der Waals surface area contributed by atoms with Crippen LogP contribution in [-0.2, 0) is 18.3 Å². The predicted molar refractivity (Wildman–Crippen MR) is 172 cm³/mol. The van der Waals surface area contributed by atoms with Crippen LogP contribution < -0.4 is 22.7 Å². The number of nitrogens with two attached hydrogens (primary N) is 2. The monoisotopic (exact) mass is 647 g/mol. The van der Waals surface area contributed by atoms with Gasteiger partial charge in [0.05, 0.1) is 19.4 Å². The molecule has 0 aromatic carbocycles. The molecule has 5 atom stereocenters. The van der Waals surface area contributed by atoms with Gasteiger partial charge in [0.1, 0.15) is 18.3 Å². The molecule has 13 nitrogen and oxygen atoms in total. The highest BCUT2D eigenvalue weighted by atomic mass is 31.2. The van der Waals surface area contributed by atoms with E-state index in [2.05, 4.69) is 11.9 Å². The van der Waals surface area contributed by atoms with Crippen LogP contribution in [0.5, 0.6) is 0 Å². The van der Waals surface area contributed by atoms with Crippen molar-refractivity contribution >= 4 is 7.60 Å². The summed E-state index contributed by atoms with van der Waals surface area (Å²) in [5.41, 5.74) is 10.0. The molecule has 1 aliphatic heterocycles. The van der Waals surface area contributed by atoms with Crippen LogP contribution in [0.1, 0.15) is 96.6 Å². The number of aliphatic hydroxyl groups excluding tert-OH is 2. The lowest BCUT2D eigenvalue weighted by molar-refractivity contribution is -0.0531. The van der Waals surface area contributed by atoms with E-state index in [0.29, 0.717) is 32.7 Å². The van der Waals surface area contributed by atoms with Gasteiger partial charge in [0.15, 0.2) is 6.23 Å². The van der Waals surface area contributed by atoms with Crippen molar-refractivity contribution in [1.29, 1.82) is 0 Å². The van der Waals surface area contributed by atoms with Crippen LogP contribution in [0, 0.1) is 0 Å². The lowest BCUT2D eigenvalue weighted by Gasteiger charge is -2.25. The summed E-state index contributed by atoms with van der Waals surface area (Å²) in [5, 5.41) is 21.1. The summed E-state index contributed by atoms with van der Waals surface area (Å²) < 4.78 is 32.1. The second-order valence-electron chi connectivity index (χ2n) is 11.7. The number of nitrogens with zero attached hydrogens (tertiary/aromatic N) is 2. The van der Waals surface area contributed by atoms with Gasteiger partial charge in [-0.15, -0.1) is 0 Å². The van der Waals surface area contributed by atoms with Gasteiger partial charge in [-0.2, -0.15) is 0 Å². The molecule has 0 radical (unpaired) electrons. The zero-order valence-corrected chi connectivity index (χ0v) is 27.5. The van der Waals surface area contributed by atoms with Crippen molar-refractivity contribution in [2.75, 3.05) is 52.1 Å². The Balaban J connectivity index is 1.83. The minimum absolute atomic E-state index is 0.0968. The van der Waals surface area contributed by atoms with Crippen LogP contribution in [0.15, 0.2) is 21.9 Å². The Morgan fingerprint density at radius 3 is 2.00 bits per heavy atom. The molecule has 7 N–H and O–H groups in total. The van der Waals surface area contributed by atoms with Gasteiger partial charge in [-0.1, -0.05) is 84.0 Å². The van der Waals surface area contributed by atoms with Gasteiger partial charge in [-0.3, -0.25) is 18.9 Å². The van der Waals surface area contributed by atoms with Crippen LogP contribution in [0.25, 0.3) is 0 Å². The van der Waals surface area contributed by atoms with E-state index >= 15 is 0 Å². The maximum absolute atomic E-state index is 13.8. The number of rotatable bonds is 26. The Labute approximate surface area is 262 Å². The van der Waals surface area contributed by atoms with Gasteiger partial charge in [0, 0.05) is 45.0 Å². The standard InChI is InChI=1S/C30H58N5O8P/c1-2-3-4-5-6-7-8-9-10-11-12-13-14-22-41-44(40,23-21-34(19-16-31)20-17-32)42-24-25-27(37)28(38)29(43-25)35-18-15-26(36)33-30(35)39/h15,18,25,27-29,37-38H,2-14,16-17,19-24,31-32H2,1H3,(H,33,36,39)/t25-,27-,28-,29-,44?/m1/s1. The first-order chi connectivity index (χ1) is 21.2. The molecule has 1 saturated heterocycles. The van der Waals surface area contributed by atoms with E-state index in [1.807, 2.05) is 4.90 Å². The van der Waals surface area contributed by atoms with E-state index in [-0.39, 0.29) is 19.4 Å². The van der Waals surface area contributed by atoms with Crippen molar-refractivity contribution in [2.45, 2.75) is 115 Å². The summed E-state index contributed by atoms with van der Waals surface area (Å²) in [4.78, 5) is 27.7. The number of hydrogen-bond donors (Lipinski definition) is 5. The first-order valence-corrected chi connectivity index (χ1v) is 18.3. The van der Waals surface area contributed by atoms with Gasteiger partial charge in [-0.25, -0.2) is 4.79 Å². The summed E-state index contributed by atoms with van der Waals surface area (Å²) in [6.45, 7) is 4.62. The fourth-order valence-electron chi connectivity index (χ4n) is 5.37. The van der Waals surface area contributed by atoms with Gasteiger partial charge < -0.3 is 40.4 Å². The highest BCUT2D eigenvalue weighted by molar-refractivity contribution is 7.53. The van der Waals surface area contributed by atoms with E-state index in [4.69, 9.17) is 25.3 Å². The topological polar surface area (TPSA) is 195 Å². The molecule has 1 aromatic heterocycles. The second kappa shape index (κ2) is 22.2. The van der Waals surface area contributed by atoms with Crippen molar-refractivity contribution in [3.05, 3.63) is 33.1 Å². The molecule has 1 aliphatic rings. The van der Waals surface area contributed by atoms with Gasteiger partial charge in [0.2, 0.25) is 0 Å². The highest BCUT2D eigenvalue weighted by Gasteiger charge is 2.45. The number of aliphatic hydroxyl groups is 2. The van der Waals surface area contributed by atoms with Gasteiger partial charge in [-0.05, 0) is 6.42 Å².